The molecule has 0 unspecified atom stereocenters. The fourth-order valence-corrected chi connectivity index (χ4v) is 3.05. The first-order valence-corrected chi connectivity index (χ1v) is 8.81. The molecule has 0 heterocycles. The van der Waals surface area contributed by atoms with Crippen LogP contribution in [0.5, 0.6) is 5.75 Å². The minimum absolute atomic E-state index is 0.0721. The highest BCUT2D eigenvalue weighted by Gasteiger charge is 2.16. The number of carbonyl (C=O) groups excluding carboxylic acids is 1. The van der Waals surface area contributed by atoms with Gasteiger partial charge in [0.25, 0.3) is 0 Å². The molecule has 2 rings (SSSR count). The van der Waals surface area contributed by atoms with Crippen molar-refractivity contribution in [3.8, 4) is 5.75 Å². The number of rotatable bonds is 6. The molecule has 1 amide bonds. The van der Waals surface area contributed by atoms with Crippen LogP contribution >= 0.6 is 0 Å². The van der Waals surface area contributed by atoms with Crippen LogP contribution in [0.1, 0.15) is 11.1 Å². The molecule has 0 spiro atoms. The van der Waals surface area contributed by atoms with Gasteiger partial charge in [0.2, 0.25) is 15.9 Å². The van der Waals surface area contributed by atoms with E-state index in [9.17, 15) is 13.2 Å². The smallest absolute Gasteiger partial charge is 0.241 e. The van der Waals surface area contributed by atoms with Crippen LogP contribution in [0.15, 0.2) is 47.4 Å². The third kappa shape index (κ3) is 4.56. The molecule has 0 saturated carbocycles. The Hall–Kier alpha value is -2.38. The van der Waals surface area contributed by atoms with Gasteiger partial charge in [0.05, 0.1) is 18.6 Å². The maximum Gasteiger partial charge on any atom is 0.241 e. The Kier molecular flexibility index (Phi) is 5.58. The highest BCUT2D eigenvalue weighted by molar-refractivity contribution is 7.89. The van der Waals surface area contributed by atoms with Gasteiger partial charge in [-0.1, -0.05) is 12.1 Å². The first-order chi connectivity index (χ1) is 11.3. The van der Waals surface area contributed by atoms with Crippen LogP contribution in [0.2, 0.25) is 0 Å². The highest BCUT2D eigenvalue weighted by atomic mass is 32.2. The largest absolute Gasteiger partial charge is 0.497 e. The van der Waals surface area contributed by atoms with Crippen molar-refractivity contribution >= 4 is 21.6 Å². The van der Waals surface area contributed by atoms with Gasteiger partial charge in [-0.05, 0) is 55.3 Å². The van der Waals surface area contributed by atoms with Crippen LogP contribution < -0.4 is 14.8 Å². The molecule has 2 aromatic carbocycles. The van der Waals surface area contributed by atoms with Gasteiger partial charge in [0, 0.05) is 5.69 Å². The molecule has 7 heteroatoms. The summed E-state index contributed by atoms with van der Waals surface area (Å²) >= 11 is 0. The summed E-state index contributed by atoms with van der Waals surface area (Å²) in [5.74, 6) is 0.127. The zero-order valence-corrected chi connectivity index (χ0v) is 14.6. The number of ether oxygens (including phenoxy) is 1. The number of sulfonamides is 1. The fraction of sp³-hybridized carbons (Fsp3) is 0.235. The van der Waals surface area contributed by atoms with E-state index in [2.05, 4.69) is 10.0 Å². The normalized spacial score (nSPS) is 11.1. The van der Waals surface area contributed by atoms with Gasteiger partial charge < -0.3 is 10.1 Å². The standard InChI is InChI=1S/C17H20N2O4S/c1-12-4-5-13(2)16(10-12)19-17(20)11-18-24(21,22)15-8-6-14(23-3)7-9-15/h4-10,18H,11H2,1-3H3,(H,19,20). The average Bonchev–Trinajstić information content (AvgIpc) is 2.56. The summed E-state index contributed by atoms with van der Waals surface area (Å²) < 4.78 is 31.6. The molecule has 0 fully saturated rings. The summed E-state index contributed by atoms with van der Waals surface area (Å²) in [6, 6.07) is 11.6. The Morgan fingerprint density at radius 2 is 1.75 bits per heavy atom. The van der Waals surface area contributed by atoms with E-state index in [1.165, 1.54) is 19.2 Å². The summed E-state index contributed by atoms with van der Waals surface area (Å²) in [4.78, 5) is 12.1. The van der Waals surface area contributed by atoms with Gasteiger partial charge in [-0.2, -0.15) is 0 Å². The molecule has 0 atom stereocenters. The number of hydrogen-bond donors (Lipinski definition) is 2. The molecule has 6 nitrogen and oxygen atoms in total. The molecule has 0 aliphatic carbocycles. The number of aryl methyl sites for hydroxylation is 2. The molecule has 0 radical (unpaired) electrons. The minimum atomic E-state index is -3.76. The number of benzene rings is 2. The van der Waals surface area contributed by atoms with Crippen LogP contribution in [-0.2, 0) is 14.8 Å². The number of carbonyl (C=O) groups is 1. The van der Waals surface area contributed by atoms with Crippen molar-refractivity contribution < 1.29 is 17.9 Å². The van der Waals surface area contributed by atoms with Crippen molar-refractivity contribution in [3.05, 3.63) is 53.6 Å². The Bertz CT molecular complexity index is 830. The molecular formula is C17H20N2O4S. The van der Waals surface area contributed by atoms with Crippen LogP contribution in [0, 0.1) is 13.8 Å². The first kappa shape index (κ1) is 18.0. The summed E-state index contributed by atoms with van der Waals surface area (Å²) in [6.07, 6.45) is 0. The van der Waals surface area contributed by atoms with Crippen LogP contribution in [0.4, 0.5) is 5.69 Å². The number of nitrogens with one attached hydrogen (secondary N) is 2. The van der Waals surface area contributed by atoms with Gasteiger partial charge >= 0.3 is 0 Å². The Morgan fingerprint density at radius 3 is 2.38 bits per heavy atom. The number of anilines is 1. The Morgan fingerprint density at radius 1 is 1.08 bits per heavy atom. The van der Waals surface area contributed by atoms with Crippen molar-refractivity contribution in [1.82, 2.24) is 4.72 Å². The lowest BCUT2D eigenvalue weighted by molar-refractivity contribution is -0.115. The van der Waals surface area contributed by atoms with E-state index in [0.717, 1.165) is 11.1 Å². The SMILES string of the molecule is COc1ccc(S(=O)(=O)NCC(=O)Nc2cc(C)ccc2C)cc1. The zero-order valence-electron chi connectivity index (χ0n) is 13.8. The summed E-state index contributed by atoms with van der Waals surface area (Å²) in [5.41, 5.74) is 2.59. The lowest BCUT2D eigenvalue weighted by atomic mass is 10.1. The molecule has 24 heavy (non-hydrogen) atoms. The fourth-order valence-electron chi connectivity index (χ4n) is 2.06. The maximum atomic E-state index is 12.2. The second kappa shape index (κ2) is 7.46. The molecule has 2 N–H and O–H groups in total. The van der Waals surface area contributed by atoms with E-state index in [0.29, 0.717) is 11.4 Å². The lowest BCUT2D eigenvalue weighted by Gasteiger charge is -2.11. The van der Waals surface area contributed by atoms with Crippen LogP contribution in [-0.4, -0.2) is 28.0 Å². The van der Waals surface area contributed by atoms with Crippen molar-refractivity contribution in [3.63, 3.8) is 0 Å². The molecular weight excluding hydrogens is 328 g/mol. The van der Waals surface area contributed by atoms with E-state index in [4.69, 9.17) is 4.74 Å². The summed E-state index contributed by atoms with van der Waals surface area (Å²) in [5, 5.41) is 2.71. The average molecular weight is 348 g/mol. The van der Waals surface area contributed by atoms with Crippen LogP contribution in [0.3, 0.4) is 0 Å². The monoisotopic (exact) mass is 348 g/mol. The molecule has 0 bridgehead atoms. The summed E-state index contributed by atoms with van der Waals surface area (Å²) in [6.45, 7) is 3.44. The zero-order chi connectivity index (χ0) is 17.7. The Balaban J connectivity index is 2.00. The minimum Gasteiger partial charge on any atom is -0.497 e. The predicted molar refractivity (Wildman–Crippen MR) is 92.7 cm³/mol. The molecule has 0 aliphatic rings. The number of amides is 1. The lowest BCUT2D eigenvalue weighted by Crippen LogP contribution is -2.33. The van der Waals surface area contributed by atoms with E-state index >= 15 is 0 Å². The van der Waals surface area contributed by atoms with E-state index in [1.54, 1.807) is 12.1 Å². The number of methoxy groups -OCH3 is 1. The third-order valence-corrected chi connectivity index (χ3v) is 4.88. The van der Waals surface area contributed by atoms with Gasteiger partial charge in [0.1, 0.15) is 5.75 Å². The predicted octanol–water partition coefficient (Wildman–Crippen LogP) is 2.23. The first-order valence-electron chi connectivity index (χ1n) is 7.32. The highest BCUT2D eigenvalue weighted by Crippen LogP contribution is 2.17. The third-order valence-electron chi connectivity index (χ3n) is 3.46. The second-order valence-corrected chi connectivity index (χ2v) is 7.13. The van der Waals surface area contributed by atoms with Gasteiger partial charge in [-0.15, -0.1) is 0 Å². The number of hydrogen-bond acceptors (Lipinski definition) is 4. The molecule has 128 valence electrons. The van der Waals surface area contributed by atoms with Gasteiger partial charge in [0.15, 0.2) is 0 Å². The van der Waals surface area contributed by atoms with E-state index < -0.39 is 15.9 Å². The molecule has 0 aromatic heterocycles. The quantitative estimate of drug-likeness (QED) is 0.838. The van der Waals surface area contributed by atoms with E-state index in [-0.39, 0.29) is 11.4 Å². The molecule has 0 aliphatic heterocycles. The van der Waals surface area contributed by atoms with Crippen molar-refractivity contribution in [2.24, 2.45) is 0 Å². The molecule has 0 saturated heterocycles. The van der Waals surface area contributed by atoms with Crippen LogP contribution in [0.25, 0.3) is 0 Å². The van der Waals surface area contributed by atoms with Gasteiger partial charge in [-0.3, -0.25) is 4.79 Å². The second-order valence-electron chi connectivity index (χ2n) is 5.37. The maximum absolute atomic E-state index is 12.2. The topological polar surface area (TPSA) is 84.5 Å². The summed E-state index contributed by atoms with van der Waals surface area (Å²) in [7, 11) is -2.26. The van der Waals surface area contributed by atoms with E-state index in [1.807, 2.05) is 32.0 Å². The van der Waals surface area contributed by atoms with Crippen molar-refractivity contribution in [1.29, 1.82) is 0 Å². The van der Waals surface area contributed by atoms with Gasteiger partial charge in [-0.25, -0.2) is 13.1 Å². The molecule has 2 aromatic rings. The Labute approximate surface area is 141 Å². The van der Waals surface area contributed by atoms with Crippen molar-refractivity contribution in [2.75, 3.05) is 19.0 Å². The van der Waals surface area contributed by atoms with Crippen molar-refractivity contribution in [2.45, 2.75) is 18.7 Å².